The highest BCUT2D eigenvalue weighted by Gasteiger charge is 2.55. The lowest BCUT2D eigenvalue weighted by atomic mass is 9.81. The Morgan fingerprint density at radius 1 is 1.27 bits per heavy atom. The summed E-state index contributed by atoms with van der Waals surface area (Å²) in [4.78, 5) is 0. The molecule has 2 heterocycles. The smallest absolute Gasteiger partial charge is 0.191 e. The van der Waals surface area contributed by atoms with Crippen molar-refractivity contribution in [1.82, 2.24) is 0 Å². The van der Waals surface area contributed by atoms with E-state index >= 15 is 0 Å². The maximum absolute atomic E-state index is 6.75. The van der Waals surface area contributed by atoms with E-state index in [4.69, 9.17) is 9.16 Å². The van der Waals surface area contributed by atoms with E-state index in [1.807, 2.05) is 0 Å². The molecule has 1 spiro atoms. The third-order valence-electron chi connectivity index (χ3n) is 7.03. The van der Waals surface area contributed by atoms with Crippen LogP contribution in [0.15, 0.2) is 11.6 Å². The van der Waals surface area contributed by atoms with Crippen LogP contribution in [0.3, 0.4) is 0 Å². The van der Waals surface area contributed by atoms with Crippen LogP contribution in [0.1, 0.15) is 66.2 Å². The van der Waals surface area contributed by atoms with Crippen LogP contribution in [-0.2, 0) is 9.16 Å². The Kier molecular flexibility index (Phi) is 3.94. The minimum Gasteiger partial charge on any atom is -0.416 e. The van der Waals surface area contributed by atoms with Crippen LogP contribution >= 0.6 is 0 Å². The van der Waals surface area contributed by atoms with Crippen molar-refractivity contribution in [2.24, 2.45) is 5.92 Å². The SMILES string of the molecule is CC(C)(C)[Si](C)(C)OC[C@@H]1CC=C2CCC[C@]23CC[C@@]1(C)O3. The van der Waals surface area contributed by atoms with Crippen molar-refractivity contribution >= 4 is 8.32 Å². The van der Waals surface area contributed by atoms with Gasteiger partial charge in [-0.3, -0.25) is 0 Å². The van der Waals surface area contributed by atoms with Gasteiger partial charge in [-0.1, -0.05) is 26.8 Å². The molecule has 0 aromatic heterocycles. The van der Waals surface area contributed by atoms with Crippen LogP contribution in [-0.4, -0.2) is 26.1 Å². The first-order chi connectivity index (χ1) is 10.1. The van der Waals surface area contributed by atoms with Gasteiger partial charge in [0.1, 0.15) is 0 Å². The molecule has 1 saturated heterocycles. The average molecular weight is 323 g/mol. The molecule has 2 bridgehead atoms. The van der Waals surface area contributed by atoms with Crippen molar-refractivity contribution < 1.29 is 9.16 Å². The van der Waals surface area contributed by atoms with Crippen molar-refractivity contribution in [2.75, 3.05) is 6.61 Å². The number of hydrogen-bond acceptors (Lipinski definition) is 2. The summed E-state index contributed by atoms with van der Waals surface area (Å²) in [5, 5.41) is 0.283. The van der Waals surface area contributed by atoms with Crippen molar-refractivity contribution in [3.63, 3.8) is 0 Å². The standard InChI is InChI=1S/C19H34O2Si/c1-17(2,3)22(5,6)20-14-16-10-9-15-8-7-11-19(15)13-12-18(16,4)21-19/h9,16H,7-8,10-14H2,1-6H3/t16-,18+,19-/m0/s1. The van der Waals surface area contributed by atoms with Gasteiger partial charge < -0.3 is 9.16 Å². The summed E-state index contributed by atoms with van der Waals surface area (Å²) in [7, 11) is -1.67. The molecule has 2 aliphatic heterocycles. The highest BCUT2D eigenvalue weighted by atomic mass is 28.4. The predicted octanol–water partition coefficient (Wildman–Crippen LogP) is 5.45. The average Bonchev–Trinajstić information content (AvgIpc) is 2.90. The lowest BCUT2D eigenvalue weighted by Gasteiger charge is -2.40. The first-order valence-electron chi connectivity index (χ1n) is 9.12. The van der Waals surface area contributed by atoms with E-state index in [0.29, 0.717) is 5.92 Å². The Hall–Kier alpha value is -0.123. The number of hydrogen-bond donors (Lipinski definition) is 0. The zero-order valence-electron chi connectivity index (χ0n) is 15.4. The molecule has 2 fully saturated rings. The Labute approximate surface area is 137 Å². The van der Waals surface area contributed by atoms with Crippen molar-refractivity contribution in [3.8, 4) is 0 Å². The highest BCUT2D eigenvalue weighted by Crippen LogP contribution is 2.55. The van der Waals surface area contributed by atoms with Gasteiger partial charge in [-0.15, -0.1) is 0 Å². The van der Waals surface area contributed by atoms with E-state index in [9.17, 15) is 0 Å². The topological polar surface area (TPSA) is 18.5 Å². The lowest BCUT2D eigenvalue weighted by molar-refractivity contribution is -0.105. The highest BCUT2D eigenvalue weighted by molar-refractivity contribution is 6.74. The second-order valence-electron chi connectivity index (χ2n) is 9.50. The van der Waals surface area contributed by atoms with Gasteiger partial charge in [-0.2, -0.15) is 0 Å². The first kappa shape index (κ1) is 16.7. The minimum atomic E-state index is -1.67. The predicted molar refractivity (Wildman–Crippen MR) is 94.6 cm³/mol. The molecule has 0 N–H and O–H groups in total. The van der Waals surface area contributed by atoms with Crippen LogP contribution < -0.4 is 0 Å². The van der Waals surface area contributed by atoms with Crippen LogP contribution in [0.2, 0.25) is 18.1 Å². The van der Waals surface area contributed by atoms with Crippen LogP contribution in [0.25, 0.3) is 0 Å². The van der Waals surface area contributed by atoms with Gasteiger partial charge in [-0.05, 0) is 69.2 Å². The second kappa shape index (κ2) is 5.19. The zero-order valence-corrected chi connectivity index (χ0v) is 16.4. The van der Waals surface area contributed by atoms with Gasteiger partial charge in [0.05, 0.1) is 11.2 Å². The normalized spacial score (nSPS) is 38.6. The third kappa shape index (κ3) is 2.63. The van der Waals surface area contributed by atoms with Gasteiger partial charge in [0.15, 0.2) is 8.32 Å². The molecule has 3 aliphatic rings. The fourth-order valence-electron chi connectivity index (χ4n) is 4.23. The minimum absolute atomic E-state index is 0.0188. The molecule has 3 atom stereocenters. The summed E-state index contributed by atoms with van der Waals surface area (Å²) in [5.41, 5.74) is 1.73. The first-order valence-corrected chi connectivity index (χ1v) is 12.0. The van der Waals surface area contributed by atoms with Crippen molar-refractivity contribution in [2.45, 2.75) is 95.6 Å². The summed E-state index contributed by atoms with van der Waals surface area (Å²) < 4.78 is 13.3. The van der Waals surface area contributed by atoms with E-state index in [1.54, 1.807) is 5.57 Å². The van der Waals surface area contributed by atoms with Crippen molar-refractivity contribution in [1.29, 1.82) is 0 Å². The second-order valence-corrected chi connectivity index (χ2v) is 14.3. The molecule has 3 heteroatoms. The quantitative estimate of drug-likeness (QED) is 0.508. The van der Waals surface area contributed by atoms with Crippen molar-refractivity contribution in [3.05, 3.63) is 11.6 Å². The number of rotatable bonds is 3. The Balaban J connectivity index is 1.74. The van der Waals surface area contributed by atoms with E-state index in [2.05, 4.69) is 46.9 Å². The Morgan fingerprint density at radius 2 is 2.00 bits per heavy atom. The number of ether oxygens (including phenoxy) is 1. The molecular weight excluding hydrogens is 288 g/mol. The van der Waals surface area contributed by atoms with Gasteiger partial charge in [-0.25, -0.2) is 0 Å². The monoisotopic (exact) mass is 322 g/mol. The van der Waals surface area contributed by atoms with Gasteiger partial charge in [0.2, 0.25) is 0 Å². The summed E-state index contributed by atoms with van der Waals surface area (Å²) >= 11 is 0. The van der Waals surface area contributed by atoms with Crippen LogP contribution in [0, 0.1) is 5.92 Å². The van der Waals surface area contributed by atoms with E-state index in [0.717, 1.165) is 13.0 Å². The van der Waals surface area contributed by atoms with E-state index in [1.165, 1.54) is 32.1 Å². The molecule has 2 nitrogen and oxygen atoms in total. The third-order valence-corrected chi connectivity index (χ3v) is 11.5. The largest absolute Gasteiger partial charge is 0.416 e. The van der Waals surface area contributed by atoms with Gasteiger partial charge >= 0.3 is 0 Å². The number of fused-ring (bicyclic) bond motifs is 1. The van der Waals surface area contributed by atoms with Gasteiger partial charge in [0.25, 0.3) is 0 Å². The molecule has 0 aromatic rings. The molecule has 22 heavy (non-hydrogen) atoms. The lowest BCUT2D eigenvalue weighted by Crippen LogP contribution is -2.45. The molecule has 126 valence electrons. The fraction of sp³-hybridized carbons (Fsp3) is 0.895. The van der Waals surface area contributed by atoms with Gasteiger partial charge in [0, 0.05) is 12.5 Å². The van der Waals surface area contributed by atoms with E-state index < -0.39 is 8.32 Å². The molecule has 0 amide bonds. The molecule has 0 unspecified atom stereocenters. The van der Waals surface area contributed by atoms with E-state index in [-0.39, 0.29) is 16.2 Å². The number of allylic oxidation sites excluding steroid dienone is 1. The maximum atomic E-state index is 6.75. The Morgan fingerprint density at radius 3 is 2.68 bits per heavy atom. The summed E-state index contributed by atoms with van der Waals surface area (Å²) in [6.07, 6.45) is 9.89. The maximum Gasteiger partial charge on any atom is 0.191 e. The molecule has 1 aliphatic carbocycles. The molecule has 1 saturated carbocycles. The van der Waals surface area contributed by atoms with Crippen LogP contribution in [0.5, 0.6) is 0 Å². The Bertz CT molecular complexity index is 476. The molecule has 0 radical (unpaired) electrons. The zero-order chi connectivity index (χ0) is 16.2. The summed E-state index contributed by atoms with van der Waals surface area (Å²) in [6.45, 7) is 14.9. The fourth-order valence-corrected chi connectivity index (χ4v) is 5.28. The van der Waals surface area contributed by atoms with Crippen LogP contribution in [0.4, 0.5) is 0 Å². The summed E-state index contributed by atoms with van der Waals surface area (Å²) in [6, 6.07) is 0. The molecular formula is C19H34O2Si. The molecule has 0 aromatic carbocycles. The molecule has 3 rings (SSSR count). The summed E-state index contributed by atoms with van der Waals surface area (Å²) in [5.74, 6) is 0.513.